The van der Waals surface area contributed by atoms with Gasteiger partial charge in [-0.25, -0.2) is 4.98 Å². The number of allylic oxidation sites excluding steroid dienone is 1. The highest BCUT2D eigenvalue weighted by molar-refractivity contribution is 7.99. The smallest absolute Gasteiger partial charge is 0.263 e. The molecule has 1 aromatic carbocycles. The van der Waals surface area contributed by atoms with Crippen LogP contribution in [0.5, 0.6) is 0 Å². The molecule has 0 spiro atoms. The van der Waals surface area contributed by atoms with Gasteiger partial charge in [0.2, 0.25) is 11.7 Å². The van der Waals surface area contributed by atoms with Crippen molar-refractivity contribution in [3.05, 3.63) is 57.8 Å². The quantitative estimate of drug-likeness (QED) is 0.265. The standard InChI is InChI=1S/C22H22N6O2S2/c1-2-12-27-19(30)14-8-6-7-10-16(14)28-21(27)25-26-22(28)31-13-18(29)24-20-23-15-9-4-3-5-11-17(15)32-20/h2,6-8,10H,1,3-5,9,11-13H2,(H,23,24,29). The fourth-order valence-corrected chi connectivity index (χ4v) is 5.79. The van der Waals surface area contributed by atoms with Crippen LogP contribution in [0.3, 0.4) is 0 Å². The SMILES string of the molecule is C=CCn1c(=O)c2ccccc2n2c(SCC(=O)Nc3nc4c(s3)CCCCC4)nnc12. The molecule has 3 heterocycles. The third kappa shape index (κ3) is 3.84. The molecule has 32 heavy (non-hydrogen) atoms. The second-order valence-corrected chi connectivity index (χ2v) is 9.65. The van der Waals surface area contributed by atoms with Gasteiger partial charge in [0.25, 0.3) is 5.56 Å². The number of nitrogens with zero attached hydrogens (tertiary/aromatic N) is 5. The summed E-state index contributed by atoms with van der Waals surface area (Å²) in [7, 11) is 0. The first-order valence-electron chi connectivity index (χ1n) is 10.5. The summed E-state index contributed by atoms with van der Waals surface area (Å²) in [6.07, 6.45) is 7.27. The second-order valence-electron chi connectivity index (χ2n) is 7.63. The minimum Gasteiger partial charge on any atom is -0.301 e. The van der Waals surface area contributed by atoms with E-state index in [1.807, 2.05) is 22.6 Å². The molecule has 8 nitrogen and oxygen atoms in total. The number of carbonyl (C=O) groups is 1. The van der Waals surface area contributed by atoms with E-state index in [4.69, 9.17) is 0 Å². The number of benzene rings is 1. The fraction of sp³-hybridized carbons (Fsp3) is 0.318. The van der Waals surface area contributed by atoms with Crippen LogP contribution in [0.25, 0.3) is 16.7 Å². The van der Waals surface area contributed by atoms with Gasteiger partial charge in [0, 0.05) is 11.4 Å². The summed E-state index contributed by atoms with van der Waals surface area (Å²) in [5.74, 6) is 0.458. The lowest BCUT2D eigenvalue weighted by Gasteiger charge is -2.09. The van der Waals surface area contributed by atoms with Crippen molar-refractivity contribution in [1.82, 2.24) is 24.1 Å². The van der Waals surface area contributed by atoms with Crippen LogP contribution in [0, 0.1) is 0 Å². The van der Waals surface area contributed by atoms with Gasteiger partial charge in [0.15, 0.2) is 10.3 Å². The third-order valence-electron chi connectivity index (χ3n) is 5.46. The number of para-hydroxylation sites is 1. The minimum atomic E-state index is -0.141. The maximum atomic E-state index is 12.9. The molecule has 0 radical (unpaired) electrons. The van der Waals surface area contributed by atoms with E-state index < -0.39 is 0 Å². The van der Waals surface area contributed by atoms with E-state index in [-0.39, 0.29) is 17.2 Å². The van der Waals surface area contributed by atoms with E-state index >= 15 is 0 Å². The Labute approximate surface area is 192 Å². The maximum Gasteiger partial charge on any atom is 0.263 e. The van der Waals surface area contributed by atoms with Gasteiger partial charge < -0.3 is 5.32 Å². The summed E-state index contributed by atoms with van der Waals surface area (Å²) >= 11 is 2.86. The molecule has 0 atom stereocenters. The first kappa shape index (κ1) is 20.9. The van der Waals surface area contributed by atoms with Crippen molar-refractivity contribution in [2.75, 3.05) is 11.1 Å². The van der Waals surface area contributed by atoms with Gasteiger partial charge in [-0.1, -0.05) is 36.4 Å². The van der Waals surface area contributed by atoms with Gasteiger partial charge in [-0.3, -0.25) is 18.6 Å². The molecule has 0 aliphatic heterocycles. The lowest BCUT2D eigenvalue weighted by Crippen LogP contribution is -2.22. The number of hydrogen-bond donors (Lipinski definition) is 1. The van der Waals surface area contributed by atoms with E-state index in [1.165, 1.54) is 34.0 Å². The van der Waals surface area contributed by atoms with Crippen LogP contribution in [-0.2, 0) is 24.2 Å². The molecule has 1 aliphatic rings. The summed E-state index contributed by atoms with van der Waals surface area (Å²) in [5.41, 5.74) is 1.70. The number of nitrogens with one attached hydrogen (secondary N) is 1. The fourth-order valence-electron chi connectivity index (χ4n) is 3.99. The highest BCUT2D eigenvalue weighted by Crippen LogP contribution is 2.29. The lowest BCUT2D eigenvalue weighted by molar-refractivity contribution is -0.113. The summed E-state index contributed by atoms with van der Waals surface area (Å²) in [4.78, 5) is 31.4. The topological polar surface area (TPSA) is 94.2 Å². The minimum absolute atomic E-state index is 0.139. The molecule has 4 aromatic rings. The van der Waals surface area contributed by atoms with Crippen molar-refractivity contribution < 1.29 is 4.79 Å². The normalized spacial score (nSPS) is 13.8. The van der Waals surface area contributed by atoms with Crippen LogP contribution in [-0.4, -0.2) is 35.8 Å². The number of carbonyl (C=O) groups excluding carboxylic acids is 1. The van der Waals surface area contributed by atoms with Crippen LogP contribution >= 0.6 is 23.1 Å². The zero-order valence-electron chi connectivity index (χ0n) is 17.4. The predicted octanol–water partition coefficient (Wildman–Crippen LogP) is 3.69. The predicted molar refractivity (Wildman–Crippen MR) is 128 cm³/mol. The van der Waals surface area contributed by atoms with Crippen molar-refractivity contribution in [3.8, 4) is 0 Å². The van der Waals surface area contributed by atoms with Gasteiger partial charge in [-0.05, 0) is 37.8 Å². The Bertz CT molecular complexity index is 1360. The largest absolute Gasteiger partial charge is 0.301 e. The van der Waals surface area contributed by atoms with E-state index in [1.54, 1.807) is 23.5 Å². The van der Waals surface area contributed by atoms with E-state index in [0.29, 0.717) is 33.5 Å². The number of anilines is 1. The van der Waals surface area contributed by atoms with Gasteiger partial charge >= 0.3 is 0 Å². The Morgan fingerprint density at radius 3 is 2.94 bits per heavy atom. The van der Waals surface area contributed by atoms with Crippen LogP contribution in [0.1, 0.15) is 29.8 Å². The first-order chi connectivity index (χ1) is 15.7. The number of amides is 1. The Morgan fingerprint density at radius 1 is 1.22 bits per heavy atom. The number of thiazole rings is 1. The van der Waals surface area contributed by atoms with Gasteiger partial charge in [-0.2, -0.15) is 0 Å². The van der Waals surface area contributed by atoms with Crippen LogP contribution in [0.2, 0.25) is 0 Å². The van der Waals surface area contributed by atoms with E-state index in [0.717, 1.165) is 25.0 Å². The molecule has 10 heteroatoms. The number of thioether (sulfide) groups is 1. The molecule has 0 bridgehead atoms. The number of aromatic nitrogens is 5. The number of hydrogen-bond acceptors (Lipinski definition) is 7. The average Bonchev–Trinajstić information content (AvgIpc) is 3.32. The summed E-state index contributed by atoms with van der Waals surface area (Å²) in [5, 5.41) is 13.2. The van der Waals surface area contributed by atoms with Gasteiger partial charge in [0.05, 0.1) is 22.3 Å². The Kier molecular flexibility index (Phi) is 5.79. The molecule has 0 fully saturated rings. The zero-order valence-corrected chi connectivity index (χ0v) is 19.0. The summed E-state index contributed by atoms with van der Waals surface area (Å²) in [6.45, 7) is 4.06. The Balaban J connectivity index is 1.39. The molecule has 164 valence electrons. The molecule has 3 aromatic heterocycles. The molecule has 1 aliphatic carbocycles. The number of rotatable bonds is 6. The highest BCUT2D eigenvalue weighted by atomic mass is 32.2. The van der Waals surface area contributed by atoms with Crippen molar-refractivity contribution in [2.45, 2.75) is 43.8 Å². The summed E-state index contributed by atoms with van der Waals surface area (Å²) < 4.78 is 3.36. The van der Waals surface area contributed by atoms with Crippen LogP contribution < -0.4 is 10.9 Å². The number of fused-ring (bicyclic) bond motifs is 4. The second kappa shape index (κ2) is 8.87. The van der Waals surface area contributed by atoms with Gasteiger partial charge in [-0.15, -0.1) is 28.1 Å². The van der Waals surface area contributed by atoms with E-state index in [2.05, 4.69) is 27.1 Å². The van der Waals surface area contributed by atoms with Crippen LogP contribution in [0.4, 0.5) is 5.13 Å². The molecule has 5 rings (SSSR count). The molecule has 0 unspecified atom stereocenters. The third-order valence-corrected chi connectivity index (χ3v) is 7.47. The Morgan fingerprint density at radius 2 is 2.06 bits per heavy atom. The average molecular weight is 467 g/mol. The Hall–Kier alpha value is -2.98. The number of aryl methyl sites for hydroxylation is 2. The molecular weight excluding hydrogens is 444 g/mol. The first-order valence-corrected chi connectivity index (χ1v) is 12.3. The molecule has 0 saturated carbocycles. The van der Waals surface area contributed by atoms with Crippen molar-refractivity contribution in [1.29, 1.82) is 0 Å². The van der Waals surface area contributed by atoms with Gasteiger partial charge in [0.1, 0.15) is 0 Å². The van der Waals surface area contributed by atoms with Crippen molar-refractivity contribution in [2.24, 2.45) is 0 Å². The maximum absolute atomic E-state index is 12.9. The molecular formula is C22H22N6O2S2. The van der Waals surface area contributed by atoms with E-state index in [9.17, 15) is 9.59 Å². The lowest BCUT2D eigenvalue weighted by atomic mass is 10.2. The molecule has 1 amide bonds. The molecule has 1 N–H and O–H groups in total. The van der Waals surface area contributed by atoms with Crippen molar-refractivity contribution >= 4 is 50.8 Å². The highest BCUT2D eigenvalue weighted by Gasteiger charge is 2.18. The monoisotopic (exact) mass is 466 g/mol. The van der Waals surface area contributed by atoms with Crippen LogP contribution in [0.15, 0.2) is 46.9 Å². The molecule has 0 saturated heterocycles. The van der Waals surface area contributed by atoms with Crippen molar-refractivity contribution in [3.63, 3.8) is 0 Å². The summed E-state index contributed by atoms with van der Waals surface area (Å²) in [6, 6.07) is 7.34. The zero-order chi connectivity index (χ0) is 22.1.